The molecule has 0 saturated heterocycles. The molecule has 2 rings (SSSR count). The number of aryl methyl sites for hydroxylation is 1. The van der Waals surface area contributed by atoms with Crippen molar-refractivity contribution in [3.8, 4) is 0 Å². The van der Waals surface area contributed by atoms with Gasteiger partial charge in [0.1, 0.15) is 0 Å². The highest BCUT2D eigenvalue weighted by atomic mass is 32.2. The lowest BCUT2D eigenvalue weighted by Gasteiger charge is -2.10. The van der Waals surface area contributed by atoms with Gasteiger partial charge in [0.2, 0.25) is 0 Å². The summed E-state index contributed by atoms with van der Waals surface area (Å²) in [7, 11) is -3.59. The molecule has 0 N–H and O–H groups in total. The number of allylic oxidation sites excluding steroid dienone is 2. The van der Waals surface area contributed by atoms with Crippen molar-refractivity contribution in [3.05, 3.63) is 42.0 Å². The van der Waals surface area contributed by atoms with Crippen molar-refractivity contribution >= 4 is 10.1 Å². The smallest absolute Gasteiger partial charge is 0.266 e. The molecule has 3 nitrogen and oxygen atoms in total. The van der Waals surface area contributed by atoms with Gasteiger partial charge in [0.15, 0.2) is 0 Å². The zero-order valence-electron chi connectivity index (χ0n) is 9.80. The normalized spacial score (nSPS) is 16.5. The molecule has 0 spiro atoms. The van der Waals surface area contributed by atoms with Gasteiger partial charge in [-0.25, -0.2) is 0 Å². The Kier molecular flexibility index (Phi) is 3.64. The largest absolute Gasteiger partial charge is 0.296 e. The van der Waals surface area contributed by atoms with Crippen molar-refractivity contribution in [2.24, 2.45) is 5.92 Å². The molecular formula is C13H16O3S. The minimum atomic E-state index is -3.59. The quantitative estimate of drug-likeness (QED) is 0.611. The van der Waals surface area contributed by atoms with Crippen LogP contribution in [0.3, 0.4) is 0 Å². The average Bonchev–Trinajstić information content (AvgIpc) is 2.80. The first-order valence-electron chi connectivity index (χ1n) is 5.69. The van der Waals surface area contributed by atoms with E-state index in [2.05, 4.69) is 12.2 Å². The van der Waals surface area contributed by atoms with Crippen molar-refractivity contribution < 1.29 is 12.6 Å². The maximum atomic E-state index is 11.9. The molecule has 17 heavy (non-hydrogen) atoms. The Morgan fingerprint density at radius 3 is 2.35 bits per heavy atom. The molecule has 0 saturated carbocycles. The summed E-state index contributed by atoms with van der Waals surface area (Å²) in [5.41, 5.74) is 1.03. The van der Waals surface area contributed by atoms with Crippen molar-refractivity contribution in [2.45, 2.75) is 24.7 Å². The summed E-state index contributed by atoms with van der Waals surface area (Å²) in [6.45, 7) is 2.19. The highest BCUT2D eigenvalue weighted by Crippen LogP contribution is 2.20. The average molecular weight is 252 g/mol. The molecule has 0 fully saturated rings. The summed E-state index contributed by atoms with van der Waals surface area (Å²) in [5.74, 6) is 0.301. The van der Waals surface area contributed by atoms with Crippen LogP contribution in [-0.4, -0.2) is 15.0 Å². The van der Waals surface area contributed by atoms with E-state index in [1.165, 1.54) is 0 Å². The van der Waals surface area contributed by atoms with Crippen LogP contribution in [0.1, 0.15) is 18.4 Å². The number of benzene rings is 1. The van der Waals surface area contributed by atoms with E-state index in [-0.39, 0.29) is 11.5 Å². The Bertz CT molecular complexity index is 492. The summed E-state index contributed by atoms with van der Waals surface area (Å²) in [6, 6.07) is 6.70. The minimum Gasteiger partial charge on any atom is -0.266 e. The predicted octanol–water partition coefficient (Wildman–Crippen LogP) is 2.67. The maximum Gasteiger partial charge on any atom is 0.296 e. The maximum absolute atomic E-state index is 11.9. The van der Waals surface area contributed by atoms with Crippen LogP contribution >= 0.6 is 0 Å². The highest BCUT2D eigenvalue weighted by Gasteiger charge is 2.18. The topological polar surface area (TPSA) is 43.4 Å². The number of rotatable bonds is 4. The van der Waals surface area contributed by atoms with Gasteiger partial charge in [0, 0.05) is 0 Å². The van der Waals surface area contributed by atoms with Gasteiger partial charge >= 0.3 is 0 Å². The number of hydrogen-bond donors (Lipinski definition) is 0. The van der Waals surface area contributed by atoms with E-state index in [0.29, 0.717) is 5.92 Å². The molecule has 92 valence electrons. The lowest BCUT2D eigenvalue weighted by molar-refractivity contribution is 0.261. The molecule has 1 aliphatic rings. The number of hydrogen-bond acceptors (Lipinski definition) is 3. The lowest BCUT2D eigenvalue weighted by Crippen LogP contribution is -2.12. The van der Waals surface area contributed by atoms with Gasteiger partial charge in [-0.2, -0.15) is 8.42 Å². The molecule has 0 heterocycles. The molecule has 0 aromatic heterocycles. The second kappa shape index (κ2) is 5.02. The third kappa shape index (κ3) is 3.17. The highest BCUT2D eigenvalue weighted by molar-refractivity contribution is 7.86. The Balaban J connectivity index is 2.00. The molecule has 0 bridgehead atoms. The van der Waals surface area contributed by atoms with Gasteiger partial charge in [0.05, 0.1) is 11.5 Å². The summed E-state index contributed by atoms with van der Waals surface area (Å²) >= 11 is 0. The Morgan fingerprint density at radius 1 is 1.18 bits per heavy atom. The molecular weight excluding hydrogens is 236 g/mol. The summed E-state index contributed by atoms with van der Waals surface area (Å²) in [4.78, 5) is 0.231. The van der Waals surface area contributed by atoms with Crippen LogP contribution < -0.4 is 0 Å². The van der Waals surface area contributed by atoms with E-state index in [4.69, 9.17) is 4.18 Å². The second-order valence-electron chi connectivity index (χ2n) is 4.36. The van der Waals surface area contributed by atoms with Crippen LogP contribution in [0.5, 0.6) is 0 Å². The fourth-order valence-electron chi connectivity index (χ4n) is 1.77. The van der Waals surface area contributed by atoms with Crippen molar-refractivity contribution in [1.82, 2.24) is 0 Å². The Labute approximate surface area is 102 Å². The summed E-state index contributed by atoms with van der Waals surface area (Å²) in [6.07, 6.45) is 5.94. The first-order valence-corrected chi connectivity index (χ1v) is 7.10. The Morgan fingerprint density at radius 2 is 1.76 bits per heavy atom. The van der Waals surface area contributed by atoms with Crippen LogP contribution in [0, 0.1) is 12.8 Å². The van der Waals surface area contributed by atoms with E-state index in [0.717, 1.165) is 18.4 Å². The van der Waals surface area contributed by atoms with Gasteiger partial charge in [-0.05, 0) is 37.8 Å². The van der Waals surface area contributed by atoms with Gasteiger partial charge in [-0.1, -0.05) is 29.8 Å². The monoisotopic (exact) mass is 252 g/mol. The molecule has 4 heteroatoms. The van der Waals surface area contributed by atoms with Gasteiger partial charge in [0.25, 0.3) is 10.1 Å². The molecule has 1 aliphatic carbocycles. The minimum absolute atomic E-state index is 0.231. The zero-order chi connectivity index (χ0) is 12.3. The van der Waals surface area contributed by atoms with Gasteiger partial charge in [-0.15, -0.1) is 0 Å². The third-order valence-corrected chi connectivity index (χ3v) is 4.17. The van der Waals surface area contributed by atoms with E-state index in [1.807, 2.05) is 6.92 Å². The third-order valence-electron chi connectivity index (χ3n) is 2.87. The van der Waals surface area contributed by atoms with Gasteiger partial charge in [-0.3, -0.25) is 4.18 Å². The molecule has 1 aromatic rings. The van der Waals surface area contributed by atoms with E-state index >= 15 is 0 Å². The summed E-state index contributed by atoms with van der Waals surface area (Å²) in [5, 5.41) is 0. The van der Waals surface area contributed by atoms with Crippen molar-refractivity contribution in [3.63, 3.8) is 0 Å². The van der Waals surface area contributed by atoms with Crippen LogP contribution in [0.25, 0.3) is 0 Å². The molecule has 0 atom stereocenters. The van der Waals surface area contributed by atoms with E-state index < -0.39 is 10.1 Å². The van der Waals surface area contributed by atoms with Crippen LogP contribution in [0.2, 0.25) is 0 Å². The predicted molar refractivity (Wildman–Crippen MR) is 66.2 cm³/mol. The zero-order valence-corrected chi connectivity index (χ0v) is 10.6. The van der Waals surface area contributed by atoms with Crippen LogP contribution in [-0.2, 0) is 14.3 Å². The van der Waals surface area contributed by atoms with E-state index in [9.17, 15) is 8.42 Å². The molecule has 0 aliphatic heterocycles. The van der Waals surface area contributed by atoms with E-state index in [1.54, 1.807) is 24.3 Å². The first-order chi connectivity index (χ1) is 8.08. The molecule has 1 aromatic carbocycles. The molecule has 0 radical (unpaired) electrons. The van der Waals surface area contributed by atoms with Crippen molar-refractivity contribution in [2.75, 3.05) is 6.61 Å². The van der Waals surface area contributed by atoms with Crippen LogP contribution in [0.4, 0.5) is 0 Å². The fraction of sp³-hybridized carbons (Fsp3) is 0.385. The fourth-order valence-corrected chi connectivity index (χ4v) is 2.75. The molecule has 0 unspecified atom stereocenters. The van der Waals surface area contributed by atoms with Crippen molar-refractivity contribution in [1.29, 1.82) is 0 Å². The Hall–Kier alpha value is -1.13. The lowest BCUT2D eigenvalue weighted by atomic mass is 10.1. The first kappa shape index (κ1) is 12.3. The van der Waals surface area contributed by atoms with Crippen LogP contribution in [0.15, 0.2) is 41.3 Å². The SMILES string of the molecule is Cc1ccc(S(=O)(=O)OCC2CC=CC2)cc1. The standard InChI is InChI=1S/C13H16O3S/c1-11-6-8-13(9-7-11)17(14,15)16-10-12-4-2-3-5-12/h2-3,6-9,12H,4-5,10H2,1H3. The van der Waals surface area contributed by atoms with Gasteiger partial charge < -0.3 is 0 Å². The molecule has 0 amide bonds. The summed E-state index contributed by atoms with van der Waals surface area (Å²) < 4.78 is 28.8. The second-order valence-corrected chi connectivity index (χ2v) is 5.98.